The van der Waals surface area contributed by atoms with Crippen LogP contribution < -0.4 is 0 Å². The highest BCUT2D eigenvalue weighted by molar-refractivity contribution is 5.93. The fraction of sp³-hybridized carbons (Fsp3) is 0.600. The van der Waals surface area contributed by atoms with Gasteiger partial charge in [0, 0.05) is 25.9 Å². The third-order valence-corrected chi connectivity index (χ3v) is 5.99. The Kier molecular flexibility index (Phi) is 4.45. The molecule has 1 aromatic carbocycles. The maximum absolute atomic E-state index is 12.8. The zero-order valence-corrected chi connectivity index (χ0v) is 15.6. The summed E-state index contributed by atoms with van der Waals surface area (Å²) in [4.78, 5) is 26.5. The first kappa shape index (κ1) is 19.2. The van der Waals surface area contributed by atoms with Crippen LogP contribution in [0.5, 0.6) is 0 Å². The number of rotatable bonds is 5. The lowest BCUT2D eigenvalue weighted by atomic mass is 9.61. The van der Waals surface area contributed by atoms with Gasteiger partial charge in [0.25, 0.3) is 5.91 Å². The van der Waals surface area contributed by atoms with Gasteiger partial charge in [-0.2, -0.15) is 13.2 Å². The maximum Gasteiger partial charge on any atom is 0.416 e. The highest BCUT2D eigenvalue weighted by Gasteiger charge is 2.71. The summed E-state index contributed by atoms with van der Waals surface area (Å²) < 4.78 is 49.3. The molecule has 5 nitrogen and oxygen atoms in total. The minimum atomic E-state index is -4.35. The minimum Gasteiger partial charge on any atom is -0.465 e. The van der Waals surface area contributed by atoms with Crippen molar-refractivity contribution in [2.45, 2.75) is 38.0 Å². The number of esters is 1. The molecule has 28 heavy (non-hydrogen) atoms. The lowest BCUT2D eigenvalue weighted by Gasteiger charge is -2.48. The molecule has 1 saturated carbocycles. The normalized spacial score (nSPS) is 29.2. The number of hydrogen-bond donors (Lipinski definition) is 0. The molecule has 1 amide bonds. The number of likely N-dealkylation sites (tertiary alicyclic amines) is 1. The predicted octanol–water partition coefficient (Wildman–Crippen LogP) is 2.82. The maximum atomic E-state index is 12.8. The number of amides is 1. The van der Waals surface area contributed by atoms with Crippen molar-refractivity contribution >= 4 is 11.9 Å². The SMILES string of the molecule is CCOC(=O)C12COC(C(=O)N3CC(Cc4cccc(C(F)(F)F)c4)C3)(C1)C2. The molecule has 4 fully saturated rings. The lowest BCUT2D eigenvalue weighted by molar-refractivity contribution is -0.171. The van der Waals surface area contributed by atoms with E-state index in [0.29, 0.717) is 44.5 Å². The number of nitrogens with zero attached hydrogens (tertiary/aromatic N) is 1. The highest BCUT2D eigenvalue weighted by atomic mass is 19.4. The first-order chi connectivity index (χ1) is 13.2. The number of ether oxygens (including phenoxy) is 2. The average Bonchev–Trinajstić information content (AvgIpc) is 3.15. The van der Waals surface area contributed by atoms with E-state index >= 15 is 0 Å². The summed E-state index contributed by atoms with van der Waals surface area (Å²) in [5.74, 6) is -0.299. The van der Waals surface area contributed by atoms with Gasteiger partial charge in [-0.15, -0.1) is 0 Å². The summed E-state index contributed by atoms with van der Waals surface area (Å²) in [6.45, 7) is 3.23. The molecule has 5 rings (SSSR count). The molecule has 0 aromatic heterocycles. The Bertz CT molecular complexity index is 795. The molecule has 8 heteroatoms. The van der Waals surface area contributed by atoms with E-state index in [1.807, 2.05) is 0 Å². The van der Waals surface area contributed by atoms with Gasteiger partial charge >= 0.3 is 12.1 Å². The van der Waals surface area contributed by atoms with Crippen LogP contribution in [-0.2, 0) is 31.7 Å². The molecular formula is C20H22F3NO4. The van der Waals surface area contributed by atoms with Crippen LogP contribution in [0.3, 0.4) is 0 Å². The number of fused-ring (bicyclic) bond motifs is 1. The lowest BCUT2D eigenvalue weighted by Crippen LogP contribution is -2.63. The van der Waals surface area contributed by atoms with Gasteiger partial charge in [0.15, 0.2) is 0 Å². The van der Waals surface area contributed by atoms with Crippen LogP contribution in [0.4, 0.5) is 13.2 Å². The Balaban J connectivity index is 1.31. The van der Waals surface area contributed by atoms with Crippen molar-refractivity contribution in [1.82, 2.24) is 4.90 Å². The van der Waals surface area contributed by atoms with Crippen molar-refractivity contribution in [3.05, 3.63) is 35.4 Å². The second-order valence-electron chi connectivity index (χ2n) is 8.12. The number of carbonyl (C=O) groups is 2. The average molecular weight is 397 g/mol. The van der Waals surface area contributed by atoms with Crippen molar-refractivity contribution in [3.8, 4) is 0 Å². The fourth-order valence-corrected chi connectivity index (χ4v) is 4.58. The Labute approximate surface area is 160 Å². The number of alkyl halides is 3. The quantitative estimate of drug-likeness (QED) is 0.717. The first-order valence-electron chi connectivity index (χ1n) is 9.44. The van der Waals surface area contributed by atoms with E-state index in [2.05, 4.69) is 0 Å². The topological polar surface area (TPSA) is 55.8 Å². The molecule has 0 N–H and O–H groups in total. The predicted molar refractivity (Wildman–Crippen MR) is 92.2 cm³/mol. The van der Waals surface area contributed by atoms with Crippen LogP contribution in [0.2, 0.25) is 0 Å². The first-order valence-corrected chi connectivity index (χ1v) is 9.44. The highest BCUT2D eigenvalue weighted by Crippen LogP contribution is 2.59. The van der Waals surface area contributed by atoms with Crippen molar-refractivity contribution < 1.29 is 32.2 Å². The second kappa shape index (κ2) is 6.47. The standard InChI is InChI=1S/C20H22F3NO4/c1-2-27-17(26)18-10-19(11-18,28-12-18)16(25)24-8-14(9-24)6-13-4-3-5-15(7-13)20(21,22)23/h3-5,7,14H,2,6,8-12H2,1H3. The van der Waals surface area contributed by atoms with Crippen molar-refractivity contribution in [1.29, 1.82) is 0 Å². The van der Waals surface area contributed by atoms with Crippen molar-refractivity contribution in [2.75, 3.05) is 26.3 Å². The van der Waals surface area contributed by atoms with Gasteiger partial charge in [-0.05, 0) is 30.9 Å². The van der Waals surface area contributed by atoms with Gasteiger partial charge in [0.1, 0.15) is 5.60 Å². The molecule has 0 unspecified atom stereocenters. The van der Waals surface area contributed by atoms with E-state index in [0.717, 1.165) is 6.07 Å². The summed E-state index contributed by atoms with van der Waals surface area (Å²) in [5.41, 5.74) is -1.64. The van der Waals surface area contributed by atoms with E-state index in [-0.39, 0.29) is 24.4 Å². The van der Waals surface area contributed by atoms with Crippen LogP contribution in [0.15, 0.2) is 24.3 Å². The van der Waals surface area contributed by atoms with Crippen molar-refractivity contribution in [2.24, 2.45) is 11.3 Å². The van der Waals surface area contributed by atoms with E-state index in [1.165, 1.54) is 12.1 Å². The van der Waals surface area contributed by atoms with Crippen LogP contribution in [0.1, 0.15) is 30.9 Å². The van der Waals surface area contributed by atoms with E-state index < -0.39 is 22.8 Å². The van der Waals surface area contributed by atoms with Gasteiger partial charge in [-0.1, -0.05) is 18.2 Å². The number of halogens is 3. The molecule has 3 heterocycles. The molecule has 4 aliphatic rings. The number of hydrogen-bond acceptors (Lipinski definition) is 4. The summed E-state index contributed by atoms with van der Waals surface area (Å²) in [5, 5.41) is 0. The molecule has 0 spiro atoms. The van der Waals surface area contributed by atoms with Gasteiger partial charge in [0.05, 0.1) is 24.2 Å². The molecule has 2 bridgehead atoms. The molecule has 1 aromatic rings. The zero-order chi connectivity index (χ0) is 20.2. The van der Waals surface area contributed by atoms with E-state index in [9.17, 15) is 22.8 Å². The van der Waals surface area contributed by atoms with E-state index in [4.69, 9.17) is 9.47 Å². The van der Waals surface area contributed by atoms with Crippen LogP contribution in [0, 0.1) is 11.3 Å². The van der Waals surface area contributed by atoms with E-state index in [1.54, 1.807) is 17.9 Å². The summed E-state index contributed by atoms with van der Waals surface area (Å²) in [6.07, 6.45) is -3.15. The zero-order valence-electron chi connectivity index (χ0n) is 15.6. The third-order valence-electron chi connectivity index (χ3n) is 5.99. The van der Waals surface area contributed by atoms with Crippen molar-refractivity contribution in [3.63, 3.8) is 0 Å². The third kappa shape index (κ3) is 3.07. The Morgan fingerprint density at radius 2 is 2.00 bits per heavy atom. The van der Waals surface area contributed by atoms with Gasteiger partial charge in [-0.3, -0.25) is 9.59 Å². The molecule has 1 aliphatic carbocycles. The summed E-state index contributed by atoms with van der Waals surface area (Å²) >= 11 is 0. The second-order valence-corrected chi connectivity index (χ2v) is 8.12. The summed E-state index contributed by atoms with van der Waals surface area (Å²) in [7, 11) is 0. The van der Waals surface area contributed by atoms with Gasteiger partial charge in [0.2, 0.25) is 0 Å². The van der Waals surface area contributed by atoms with Gasteiger partial charge in [-0.25, -0.2) is 0 Å². The number of benzene rings is 1. The Morgan fingerprint density at radius 3 is 2.64 bits per heavy atom. The van der Waals surface area contributed by atoms with Crippen LogP contribution in [-0.4, -0.2) is 48.7 Å². The molecular weight excluding hydrogens is 375 g/mol. The van der Waals surface area contributed by atoms with Crippen LogP contribution in [0.25, 0.3) is 0 Å². The smallest absolute Gasteiger partial charge is 0.416 e. The Hall–Kier alpha value is -2.09. The fourth-order valence-electron chi connectivity index (χ4n) is 4.58. The molecule has 3 saturated heterocycles. The van der Waals surface area contributed by atoms with Crippen LogP contribution >= 0.6 is 0 Å². The summed E-state index contributed by atoms with van der Waals surface area (Å²) in [6, 6.07) is 5.32. The largest absolute Gasteiger partial charge is 0.465 e. The molecule has 0 atom stereocenters. The molecule has 3 aliphatic heterocycles. The minimum absolute atomic E-state index is 0.120. The Morgan fingerprint density at radius 1 is 1.29 bits per heavy atom. The monoisotopic (exact) mass is 397 g/mol. The van der Waals surface area contributed by atoms with Gasteiger partial charge < -0.3 is 14.4 Å². The number of carbonyl (C=O) groups excluding carboxylic acids is 2. The molecule has 152 valence electrons. The molecule has 0 radical (unpaired) electrons.